The molecule has 1 aliphatic rings. The van der Waals surface area contributed by atoms with Crippen LogP contribution in [-0.4, -0.2) is 59.5 Å². The third-order valence-electron chi connectivity index (χ3n) is 6.15. The highest BCUT2D eigenvalue weighted by Gasteiger charge is 2.33. The fraction of sp³-hybridized carbons (Fsp3) is 0.148. The van der Waals surface area contributed by atoms with Crippen molar-refractivity contribution in [1.29, 1.82) is 5.26 Å². The summed E-state index contributed by atoms with van der Waals surface area (Å²) in [5, 5.41) is 14.0. The van der Waals surface area contributed by atoms with E-state index in [2.05, 4.69) is 0 Å². The first-order chi connectivity index (χ1) is 17.5. The molecule has 2 heterocycles. The molecule has 9 heteroatoms. The Morgan fingerprint density at radius 2 is 1.44 bits per heavy atom. The van der Waals surface area contributed by atoms with E-state index in [4.69, 9.17) is 5.10 Å². The Hall–Kier alpha value is -4.26. The molecule has 0 radical (unpaired) electrons. The summed E-state index contributed by atoms with van der Waals surface area (Å²) in [6.45, 7) is 0.735. The van der Waals surface area contributed by atoms with Gasteiger partial charge in [0, 0.05) is 31.7 Å². The number of carbonyl (C=O) groups excluding carboxylic acids is 1. The van der Waals surface area contributed by atoms with Crippen LogP contribution in [0.25, 0.3) is 16.9 Å². The van der Waals surface area contributed by atoms with Crippen molar-refractivity contribution in [2.45, 2.75) is 4.90 Å². The Bertz CT molecular complexity index is 1540. The van der Waals surface area contributed by atoms with Gasteiger partial charge in [-0.1, -0.05) is 60.7 Å². The monoisotopic (exact) mass is 497 g/mol. The molecule has 0 N–H and O–H groups in total. The van der Waals surface area contributed by atoms with Gasteiger partial charge >= 0.3 is 0 Å². The highest BCUT2D eigenvalue weighted by molar-refractivity contribution is 7.89. The second kappa shape index (κ2) is 9.77. The van der Waals surface area contributed by atoms with Crippen LogP contribution in [0.15, 0.2) is 95.9 Å². The molecule has 0 spiro atoms. The summed E-state index contributed by atoms with van der Waals surface area (Å²) in [6.07, 6.45) is 0. The van der Waals surface area contributed by atoms with E-state index in [0.717, 1.165) is 11.3 Å². The molecule has 0 unspecified atom stereocenters. The van der Waals surface area contributed by atoms with Crippen molar-refractivity contribution in [2.75, 3.05) is 26.2 Å². The van der Waals surface area contributed by atoms with Crippen molar-refractivity contribution in [3.63, 3.8) is 0 Å². The quantitative estimate of drug-likeness (QED) is 0.420. The number of piperazine rings is 1. The van der Waals surface area contributed by atoms with Gasteiger partial charge in [-0.05, 0) is 30.3 Å². The molecule has 0 aliphatic carbocycles. The summed E-state index contributed by atoms with van der Waals surface area (Å²) in [5.41, 5.74) is 2.85. The molecule has 4 aromatic rings. The molecule has 0 saturated carbocycles. The fourth-order valence-electron chi connectivity index (χ4n) is 4.27. The predicted octanol–water partition coefficient (Wildman–Crippen LogP) is 3.56. The smallest absolute Gasteiger partial charge is 0.272 e. The molecule has 180 valence electrons. The lowest BCUT2D eigenvalue weighted by atomic mass is 10.1. The zero-order valence-corrected chi connectivity index (χ0v) is 20.2. The van der Waals surface area contributed by atoms with Crippen molar-refractivity contribution in [3.8, 4) is 23.0 Å². The first kappa shape index (κ1) is 23.5. The molecule has 1 amide bonds. The van der Waals surface area contributed by atoms with Crippen LogP contribution in [0.2, 0.25) is 0 Å². The summed E-state index contributed by atoms with van der Waals surface area (Å²) in [6, 6.07) is 29.0. The highest BCUT2D eigenvalue weighted by atomic mass is 32.2. The molecule has 8 nitrogen and oxygen atoms in total. The molecule has 1 aromatic heterocycles. The number of para-hydroxylation sites is 1. The number of carbonyl (C=O) groups is 1. The standard InChI is InChI=1S/C27H23N5O3S/c28-20-22-11-7-8-14-26(22)36(34,35)31-17-15-30(16-18-31)27(33)25-19-24(21-9-3-1-4-10-21)29-32(25)23-12-5-2-6-13-23/h1-14,19H,15-18H2. The fourth-order valence-corrected chi connectivity index (χ4v) is 5.83. The SMILES string of the molecule is N#Cc1ccccc1S(=O)(=O)N1CCN(C(=O)c2cc(-c3ccccc3)nn2-c2ccccc2)CC1. The average Bonchev–Trinajstić information content (AvgIpc) is 3.39. The van der Waals surface area contributed by atoms with E-state index in [1.165, 1.54) is 16.4 Å². The Morgan fingerprint density at radius 3 is 2.11 bits per heavy atom. The zero-order valence-electron chi connectivity index (χ0n) is 19.4. The van der Waals surface area contributed by atoms with Gasteiger partial charge in [-0.3, -0.25) is 4.79 Å². The van der Waals surface area contributed by atoms with Gasteiger partial charge < -0.3 is 4.90 Å². The maximum Gasteiger partial charge on any atom is 0.272 e. The minimum atomic E-state index is -3.85. The van der Waals surface area contributed by atoms with E-state index in [9.17, 15) is 18.5 Å². The Kier molecular flexibility index (Phi) is 6.38. The molecule has 1 aliphatic heterocycles. The number of hydrogen-bond donors (Lipinski definition) is 0. The topological polar surface area (TPSA) is 99.3 Å². The van der Waals surface area contributed by atoms with E-state index < -0.39 is 10.0 Å². The van der Waals surface area contributed by atoms with Gasteiger partial charge in [-0.2, -0.15) is 14.7 Å². The first-order valence-corrected chi connectivity index (χ1v) is 12.9. The van der Waals surface area contributed by atoms with Gasteiger partial charge in [-0.15, -0.1) is 0 Å². The van der Waals surface area contributed by atoms with Gasteiger partial charge in [0.15, 0.2) is 0 Å². The lowest BCUT2D eigenvalue weighted by Gasteiger charge is -2.34. The number of sulfonamides is 1. The van der Waals surface area contributed by atoms with Gasteiger partial charge in [0.05, 0.1) is 21.8 Å². The largest absolute Gasteiger partial charge is 0.335 e. The molecule has 0 bridgehead atoms. The number of rotatable bonds is 5. The van der Waals surface area contributed by atoms with E-state index >= 15 is 0 Å². The van der Waals surface area contributed by atoms with E-state index in [0.29, 0.717) is 11.4 Å². The van der Waals surface area contributed by atoms with Crippen LogP contribution in [0.1, 0.15) is 16.1 Å². The van der Waals surface area contributed by atoms with Crippen LogP contribution in [0.3, 0.4) is 0 Å². The molecular formula is C27H23N5O3S. The third kappa shape index (κ3) is 4.40. The Morgan fingerprint density at radius 1 is 0.833 bits per heavy atom. The maximum atomic E-state index is 13.6. The Labute approximate surface area is 209 Å². The van der Waals surface area contributed by atoms with Crippen molar-refractivity contribution >= 4 is 15.9 Å². The van der Waals surface area contributed by atoms with E-state index in [-0.39, 0.29) is 42.5 Å². The molecule has 36 heavy (non-hydrogen) atoms. The van der Waals surface area contributed by atoms with Gasteiger partial charge in [0.25, 0.3) is 5.91 Å². The number of nitrogens with zero attached hydrogens (tertiary/aromatic N) is 5. The second-order valence-electron chi connectivity index (χ2n) is 8.33. The molecule has 1 fully saturated rings. The molecule has 0 atom stereocenters. The zero-order chi connectivity index (χ0) is 25.1. The number of benzene rings is 3. The summed E-state index contributed by atoms with van der Waals surface area (Å²) >= 11 is 0. The lowest BCUT2D eigenvalue weighted by molar-refractivity contribution is 0.0688. The minimum absolute atomic E-state index is 0.0121. The van der Waals surface area contributed by atoms with Gasteiger partial charge in [0.1, 0.15) is 11.8 Å². The van der Waals surface area contributed by atoms with Crippen molar-refractivity contribution in [3.05, 3.63) is 102 Å². The van der Waals surface area contributed by atoms with Crippen LogP contribution in [0.4, 0.5) is 0 Å². The van der Waals surface area contributed by atoms with Crippen LogP contribution in [0, 0.1) is 11.3 Å². The normalized spacial score (nSPS) is 14.4. The number of aromatic nitrogens is 2. The molecule has 3 aromatic carbocycles. The minimum Gasteiger partial charge on any atom is -0.335 e. The lowest BCUT2D eigenvalue weighted by Crippen LogP contribution is -2.50. The molecule has 5 rings (SSSR count). The van der Waals surface area contributed by atoms with Gasteiger partial charge in [0.2, 0.25) is 10.0 Å². The number of hydrogen-bond acceptors (Lipinski definition) is 5. The first-order valence-electron chi connectivity index (χ1n) is 11.5. The van der Waals surface area contributed by atoms with Crippen LogP contribution < -0.4 is 0 Å². The second-order valence-corrected chi connectivity index (χ2v) is 10.2. The summed E-state index contributed by atoms with van der Waals surface area (Å²) < 4.78 is 29.3. The predicted molar refractivity (Wildman–Crippen MR) is 135 cm³/mol. The summed E-state index contributed by atoms with van der Waals surface area (Å²) in [5.74, 6) is -0.219. The van der Waals surface area contributed by atoms with Crippen LogP contribution in [0.5, 0.6) is 0 Å². The maximum absolute atomic E-state index is 13.6. The van der Waals surface area contributed by atoms with E-state index in [1.807, 2.05) is 66.7 Å². The summed E-state index contributed by atoms with van der Waals surface area (Å²) in [4.78, 5) is 15.3. The van der Waals surface area contributed by atoms with Crippen LogP contribution in [-0.2, 0) is 10.0 Å². The van der Waals surface area contributed by atoms with Crippen molar-refractivity contribution < 1.29 is 13.2 Å². The van der Waals surface area contributed by atoms with Crippen LogP contribution >= 0.6 is 0 Å². The highest BCUT2D eigenvalue weighted by Crippen LogP contribution is 2.25. The molecule has 1 saturated heterocycles. The Balaban J connectivity index is 1.40. The number of amides is 1. The summed E-state index contributed by atoms with van der Waals surface area (Å²) in [7, 11) is -3.85. The van der Waals surface area contributed by atoms with E-state index in [1.54, 1.807) is 27.8 Å². The van der Waals surface area contributed by atoms with Gasteiger partial charge in [-0.25, -0.2) is 13.1 Å². The third-order valence-corrected chi connectivity index (χ3v) is 8.11. The molecular weight excluding hydrogens is 474 g/mol. The number of nitriles is 1. The van der Waals surface area contributed by atoms with Crippen molar-refractivity contribution in [2.24, 2.45) is 0 Å². The van der Waals surface area contributed by atoms with Crippen molar-refractivity contribution in [1.82, 2.24) is 19.0 Å². The average molecular weight is 498 g/mol.